The lowest BCUT2D eigenvalue weighted by molar-refractivity contribution is -0.155. The predicted octanol–water partition coefficient (Wildman–Crippen LogP) is 3.11. The second kappa shape index (κ2) is 9.45. The van der Waals surface area contributed by atoms with Gasteiger partial charge in [0, 0.05) is 39.2 Å². The predicted molar refractivity (Wildman–Crippen MR) is 116 cm³/mol. The van der Waals surface area contributed by atoms with Gasteiger partial charge in [0.2, 0.25) is 11.8 Å². The fraction of sp³-hybridized carbons (Fsp3) is 0.636. The number of aryl methyl sites for hydroxylation is 3. The Hall–Kier alpha value is -2.64. The average Bonchev–Trinajstić information content (AvgIpc) is 2.95. The molecule has 0 fully saturated rings. The number of nitrogens with zero attached hydrogens (tertiary/aromatic N) is 4. The molecule has 0 spiro atoms. The summed E-state index contributed by atoms with van der Waals surface area (Å²) in [4.78, 5) is 30.7. The molecule has 166 valence electrons. The average molecular weight is 419 g/mol. The number of esters is 1. The number of amides is 1. The van der Waals surface area contributed by atoms with Crippen molar-refractivity contribution in [2.75, 3.05) is 20.7 Å². The maximum atomic E-state index is 12.6. The van der Waals surface area contributed by atoms with E-state index in [0.29, 0.717) is 38.1 Å². The first kappa shape index (κ1) is 23.6. The van der Waals surface area contributed by atoms with Gasteiger partial charge in [-0.15, -0.1) is 5.10 Å². The normalized spacial score (nSPS) is 11.6. The summed E-state index contributed by atoms with van der Waals surface area (Å²) in [5, 5.41) is 5.25. The molecule has 2 aromatic rings. The van der Waals surface area contributed by atoms with E-state index in [9.17, 15) is 9.59 Å². The third kappa shape index (κ3) is 5.70. The highest BCUT2D eigenvalue weighted by atomic mass is 16.6. The summed E-state index contributed by atoms with van der Waals surface area (Å²) in [5.41, 5.74) is 3.27. The minimum absolute atomic E-state index is 0.0382. The van der Waals surface area contributed by atoms with E-state index in [-0.39, 0.29) is 11.9 Å². The van der Waals surface area contributed by atoms with Crippen molar-refractivity contribution >= 4 is 22.9 Å². The number of carbonyl (C=O) groups excluding carboxylic acids is 2. The number of rotatable bonds is 8. The molecule has 2 rings (SSSR count). The second-order valence-electron chi connectivity index (χ2n) is 8.64. The van der Waals surface area contributed by atoms with Crippen LogP contribution in [-0.2, 0) is 27.8 Å². The number of methoxy groups -OCH3 is 1. The summed E-state index contributed by atoms with van der Waals surface area (Å²) < 4.78 is 12.4. The number of fused-ring (bicyclic) bond motifs is 1. The number of pyridine rings is 1. The summed E-state index contributed by atoms with van der Waals surface area (Å²) in [7, 11) is 5.20. The van der Waals surface area contributed by atoms with Crippen molar-refractivity contribution in [2.24, 2.45) is 7.05 Å². The highest BCUT2D eigenvalue weighted by molar-refractivity contribution is 5.86. The second-order valence-corrected chi connectivity index (χ2v) is 8.64. The minimum atomic E-state index is -0.485. The fourth-order valence-electron chi connectivity index (χ4n) is 3.51. The van der Waals surface area contributed by atoms with Crippen LogP contribution in [0.2, 0.25) is 0 Å². The molecule has 0 N–H and O–H groups in total. The van der Waals surface area contributed by atoms with Crippen LogP contribution in [0.15, 0.2) is 0 Å². The van der Waals surface area contributed by atoms with Gasteiger partial charge in [-0.05, 0) is 58.6 Å². The van der Waals surface area contributed by atoms with E-state index in [2.05, 4.69) is 10.1 Å². The van der Waals surface area contributed by atoms with Crippen molar-refractivity contribution in [1.82, 2.24) is 19.7 Å². The minimum Gasteiger partial charge on any atom is -0.479 e. The van der Waals surface area contributed by atoms with Gasteiger partial charge in [0.15, 0.2) is 5.65 Å². The topological polar surface area (TPSA) is 86.5 Å². The molecule has 0 aliphatic heterocycles. The van der Waals surface area contributed by atoms with E-state index in [0.717, 1.165) is 27.9 Å². The van der Waals surface area contributed by atoms with Gasteiger partial charge in [-0.25, -0.2) is 9.67 Å². The Balaban J connectivity index is 1.97. The Labute approximate surface area is 178 Å². The van der Waals surface area contributed by atoms with Crippen molar-refractivity contribution in [1.29, 1.82) is 0 Å². The van der Waals surface area contributed by atoms with E-state index < -0.39 is 5.60 Å². The molecule has 2 aromatic heterocycles. The molecule has 2 heterocycles. The van der Waals surface area contributed by atoms with Gasteiger partial charge in [0.1, 0.15) is 5.60 Å². The van der Waals surface area contributed by atoms with Crippen LogP contribution in [0.3, 0.4) is 0 Å². The van der Waals surface area contributed by atoms with E-state index in [4.69, 9.17) is 9.47 Å². The fourth-order valence-corrected chi connectivity index (χ4v) is 3.51. The Morgan fingerprint density at radius 3 is 2.43 bits per heavy atom. The summed E-state index contributed by atoms with van der Waals surface area (Å²) >= 11 is 0. The Kier molecular flexibility index (Phi) is 7.44. The van der Waals surface area contributed by atoms with Gasteiger partial charge in [-0.1, -0.05) is 0 Å². The zero-order valence-corrected chi connectivity index (χ0v) is 19.5. The number of hydrogen-bond acceptors (Lipinski definition) is 6. The van der Waals surface area contributed by atoms with E-state index in [1.54, 1.807) is 23.7 Å². The quantitative estimate of drug-likeness (QED) is 0.612. The maximum Gasteiger partial charge on any atom is 0.306 e. The highest BCUT2D eigenvalue weighted by Gasteiger charge is 2.20. The van der Waals surface area contributed by atoms with Gasteiger partial charge in [-0.3, -0.25) is 9.59 Å². The first-order valence-electron chi connectivity index (χ1n) is 10.3. The molecule has 30 heavy (non-hydrogen) atoms. The SMILES string of the molecule is COc1nn(C)c2nc(C)c(CCC(=O)N(C)CCCC(=O)OC(C)(C)C)c(C)c12. The van der Waals surface area contributed by atoms with E-state index in [1.165, 1.54) is 0 Å². The lowest BCUT2D eigenvalue weighted by Gasteiger charge is -2.21. The van der Waals surface area contributed by atoms with Crippen molar-refractivity contribution in [2.45, 2.75) is 65.9 Å². The van der Waals surface area contributed by atoms with Gasteiger partial charge in [0.05, 0.1) is 12.5 Å². The molecular formula is C22H34N4O4. The lowest BCUT2D eigenvalue weighted by atomic mass is 10.00. The Morgan fingerprint density at radius 1 is 1.17 bits per heavy atom. The molecule has 0 radical (unpaired) electrons. The first-order chi connectivity index (χ1) is 13.9. The standard InChI is InChI=1S/C22H34N4O4/c1-14-16(15(2)23-20-19(14)21(29-8)24-26(20)7)11-12-17(27)25(6)13-9-10-18(28)30-22(3,4)5/h9-13H2,1-8H3. The largest absolute Gasteiger partial charge is 0.479 e. The lowest BCUT2D eigenvalue weighted by Crippen LogP contribution is -2.29. The van der Waals surface area contributed by atoms with Crippen molar-refractivity contribution in [3.8, 4) is 5.88 Å². The van der Waals surface area contributed by atoms with Crippen molar-refractivity contribution in [3.05, 3.63) is 16.8 Å². The van der Waals surface area contributed by atoms with Crippen LogP contribution in [0.25, 0.3) is 11.0 Å². The van der Waals surface area contributed by atoms with Crippen LogP contribution < -0.4 is 4.74 Å². The summed E-state index contributed by atoms with van der Waals surface area (Å²) in [6, 6.07) is 0. The number of aromatic nitrogens is 3. The molecule has 0 aliphatic carbocycles. The number of hydrogen-bond donors (Lipinski definition) is 0. The zero-order chi connectivity index (χ0) is 22.6. The molecule has 0 bridgehead atoms. The molecule has 0 saturated carbocycles. The van der Waals surface area contributed by atoms with Gasteiger partial charge in [-0.2, -0.15) is 0 Å². The third-order valence-electron chi connectivity index (χ3n) is 5.03. The molecule has 0 unspecified atom stereocenters. The highest BCUT2D eigenvalue weighted by Crippen LogP contribution is 2.30. The van der Waals surface area contributed by atoms with Crippen LogP contribution in [0.4, 0.5) is 0 Å². The van der Waals surface area contributed by atoms with Crippen LogP contribution in [-0.4, -0.2) is 57.8 Å². The summed E-state index contributed by atoms with van der Waals surface area (Å²) in [6.45, 7) is 10.0. The van der Waals surface area contributed by atoms with Gasteiger partial charge < -0.3 is 14.4 Å². The molecular weight excluding hydrogens is 384 g/mol. The van der Waals surface area contributed by atoms with Crippen LogP contribution in [0.1, 0.15) is 56.9 Å². The third-order valence-corrected chi connectivity index (χ3v) is 5.03. The Morgan fingerprint density at radius 2 is 1.83 bits per heavy atom. The molecule has 0 aliphatic rings. The zero-order valence-electron chi connectivity index (χ0n) is 19.5. The van der Waals surface area contributed by atoms with E-state index >= 15 is 0 Å². The molecule has 0 atom stereocenters. The smallest absolute Gasteiger partial charge is 0.306 e. The number of carbonyl (C=O) groups is 2. The van der Waals surface area contributed by atoms with Crippen LogP contribution >= 0.6 is 0 Å². The van der Waals surface area contributed by atoms with Crippen LogP contribution in [0, 0.1) is 13.8 Å². The first-order valence-corrected chi connectivity index (χ1v) is 10.3. The Bertz CT molecular complexity index is 928. The molecule has 1 amide bonds. The monoisotopic (exact) mass is 418 g/mol. The van der Waals surface area contributed by atoms with Crippen LogP contribution in [0.5, 0.6) is 5.88 Å². The van der Waals surface area contributed by atoms with Gasteiger partial charge in [0.25, 0.3) is 0 Å². The summed E-state index contributed by atoms with van der Waals surface area (Å²) in [6.07, 6.45) is 1.85. The number of ether oxygens (including phenoxy) is 2. The summed E-state index contributed by atoms with van der Waals surface area (Å²) in [5.74, 6) is 0.347. The van der Waals surface area contributed by atoms with Crippen molar-refractivity contribution < 1.29 is 19.1 Å². The van der Waals surface area contributed by atoms with Crippen molar-refractivity contribution in [3.63, 3.8) is 0 Å². The molecule has 0 saturated heterocycles. The van der Waals surface area contributed by atoms with E-state index in [1.807, 2.05) is 41.7 Å². The molecule has 8 nitrogen and oxygen atoms in total. The maximum absolute atomic E-state index is 12.6. The van der Waals surface area contributed by atoms with Gasteiger partial charge >= 0.3 is 5.97 Å². The molecule has 8 heteroatoms. The molecule has 0 aromatic carbocycles.